The SMILES string of the molecule is CCC(CC)C(O)CNC(=O)c1c[nH]c2ccccc2c1=O. The molecule has 5 heteroatoms. The molecule has 0 aliphatic carbocycles. The highest BCUT2D eigenvalue weighted by atomic mass is 16.3. The van der Waals surface area contributed by atoms with E-state index in [-0.39, 0.29) is 23.5 Å². The summed E-state index contributed by atoms with van der Waals surface area (Å²) in [5.74, 6) is -0.313. The van der Waals surface area contributed by atoms with Gasteiger partial charge in [-0.2, -0.15) is 0 Å². The molecule has 1 unspecified atom stereocenters. The number of amides is 1. The lowest BCUT2D eigenvalue weighted by molar-refractivity contribution is 0.0816. The minimum absolute atomic E-state index is 0.0652. The van der Waals surface area contributed by atoms with Gasteiger partial charge in [-0.25, -0.2) is 0 Å². The number of rotatable bonds is 6. The molecule has 1 aromatic carbocycles. The van der Waals surface area contributed by atoms with Crippen LogP contribution in [0.2, 0.25) is 0 Å². The fourth-order valence-electron chi connectivity index (χ4n) is 2.63. The van der Waals surface area contributed by atoms with Gasteiger partial charge in [0.25, 0.3) is 5.91 Å². The van der Waals surface area contributed by atoms with Crippen molar-refractivity contribution in [3.63, 3.8) is 0 Å². The maximum atomic E-state index is 12.3. The van der Waals surface area contributed by atoms with Crippen LogP contribution < -0.4 is 10.7 Å². The Hall–Kier alpha value is -2.14. The second-order valence-electron chi connectivity index (χ2n) is 5.43. The molecule has 0 saturated carbocycles. The summed E-state index contributed by atoms with van der Waals surface area (Å²) in [6, 6.07) is 7.05. The topological polar surface area (TPSA) is 82.2 Å². The molecule has 3 N–H and O–H groups in total. The monoisotopic (exact) mass is 302 g/mol. The van der Waals surface area contributed by atoms with E-state index in [0.717, 1.165) is 12.8 Å². The minimum Gasteiger partial charge on any atom is -0.391 e. The van der Waals surface area contributed by atoms with Gasteiger partial charge in [0, 0.05) is 23.6 Å². The van der Waals surface area contributed by atoms with Crippen molar-refractivity contribution in [2.45, 2.75) is 32.8 Å². The Balaban J connectivity index is 2.14. The van der Waals surface area contributed by atoms with E-state index in [2.05, 4.69) is 10.3 Å². The van der Waals surface area contributed by atoms with Crippen LogP contribution >= 0.6 is 0 Å². The molecule has 0 aliphatic heterocycles. The van der Waals surface area contributed by atoms with Gasteiger partial charge in [-0.05, 0) is 18.1 Å². The first-order chi connectivity index (χ1) is 10.6. The van der Waals surface area contributed by atoms with Gasteiger partial charge in [0.05, 0.1) is 6.10 Å². The van der Waals surface area contributed by atoms with Crippen molar-refractivity contribution in [1.29, 1.82) is 0 Å². The summed E-state index contributed by atoms with van der Waals surface area (Å²) >= 11 is 0. The van der Waals surface area contributed by atoms with Gasteiger partial charge in [-0.15, -0.1) is 0 Å². The lowest BCUT2D eigenvalue weighted by atomic mass is 9.96. The van der Waals surface area contributed by atoms with E-state index in [1.54, 1.807) is 18.2 Å². The predicted octanol–water partition coefficient (Wildman–Crippen LogP) is 2.05. The van der Waals surface area contributed by atoms with Crippen LogP contribution in [0.4, 0.5) is 0 Å². The summed E-state index contributed by atoms with van der Waals surface area (Å²) in [5, 5.41) is 13.2. The largest absolute Gasteiger partial charge is 0.391 e. The van der Waals surface area contributed by atoms with Crippen molar-refractivity contribution < 1.29 is 9.90 Å². The summed E-state index contributed by atoms with van der Waals surface area (Å²) in [5.41, 5.74) is 0.459. The van der Waals surface area contributed by atoms with Crippen LogP contribution in [0.25, 0.3) is 10.9 Å². The number of nitrogens with one attached hydrogen (secondary N) is 2. The fraction of sp³-hybridized carbons (Fsp3) is 0.412. The fourth-order valence-corrected chi connectivity index (χ4v) is 2.63. The van der Waals surface area contributed by atoms with Crippen molar-refractivity contribution in [2.75, 3.05) is 6.54 Å². The molecule has 0 bridgehead atoms. The number of hydrogen-bond acceptors (Lipinski definition) is 3. The maximum Gasteiger partial charge on any atom is 0.256 e. The molecule has 22 heavy (non-hydrogen) atoms. The van der Waals surface area contributed by atoms with Crippen LogP contribution in [-0.2, 0) is 0 Å². The number of aliphatic hydroxyl groups excluding tert-OH is 1. The molecule has 0 aliphatic rings. The number of carbonyl (C=O) groups excluding carboxylic acids is 1. The molecule has 0 fully saturated rings. The predicted molar refractivity (Wildman–Crippen MR) is 87.0 cm³/mol. The number of benzene rings is 1. The Labute approximate surface area is 129 Å². The molecule has 0 spiro atoms. The summed E-state index contributed by atoms with van der Waals surface area (Å²) in [6.07, 6.45) is 2.52. The van der Waals surface area contributed by atoms with Gasteiger partial charge >= 0.3 is 0 Å². The lowest BCUT2D eigenvalue weighted by Gasteiger charge is -2.20. The van der Waals surface area contributed by atoms with E-state index in [1.165, 1.54) is 6.20 Å². The van der Waals surface area contributed by atoms with Crippen molar-refractivity contribution in [3.05, 3.63) is 46.2 Å². The Morgan fingerprint density at radius 2 is 1.95 bits per heavy atom. The Morgan fingerprint density at radius 1 is 1.27 bits per heavy atom. The second kappa shape index (κ2) is 7.22. The van der Waals surface area contributed by atoms with Crippen LogP contribution in [0, 0.1) is 5.92 Å². The third-order valence-corrected chi connectivity index (χ3v) is 4.10. The normalized spacial score (nSPS) is 12.5. The first-order valence-corrected chi connectivity index (χ1v) is 7.65. The van der Waals surface area contributed by atoms with E-state index in [9.17, 15) is 14.7 Å². The van der Waals surface area contributed by atoms with E-state index in [1.807, 2.05) is 19.9 Å². The summed E-state index contributed by atoms with van der Waals surface area (Å²) in [6.45, 7) is 4.16. The first-order valence-electron chi connectivity index (χ1n) is 7.65. The van der Waals surface area contributed by atoms with Crippen LogP contribution in [0.1, 0.15) is 37.0 Å². The van der Waals surface area contributed by atoms with Crippen LogP contribution in [-0.4, -0.2) is 28.6 Å². The van der Waals surface area contributed by atoms with Crippen LogP contribution in [0.5, 0.6) is 0 Å². The Bertz CT molecular complexity index is 704. The second-order valence-corrected chi connectivity index (χ2v) is 5.43. The molecular formula is C17H22N2O3. The molecule has 1 atom stereocenters. The summed E-state index contributed by atoms with van der Waals surface area (Å²) in [7, 11) is 0. The van der Waals surface area contributed by atoms with Crippen molar-refractivity contribution in [2.24, 2.45) is 5.92 Å². The standard InChI is InChI=1S/C17H22N2O3/c1-3-11(4-2)15(20)10-19-17(22)13-9-18-14-8-6-5-7-12(14)16(13)21/h5-9,11,15,20H,3-4,10H2,1-2H3,(H,18,21)(H,19,22). The Morgan fingerprint density at radius 3 is 2.64 bits per heavy atom. The van der Waals surface area contributed by atoms with Crippen molar-refractivity contribution >= 4 is 16.8 Å². The minimum atomic E-state index is -0.599. The number of aromatic amines is 1. The molecule has 2 aromatic rings. The van der Waals surface area contributed by atoms with E-state index < -0.39 is 12.0 Å². The van der Waals surface area contributed by atoms with Crippen molar-refractivity contribution in [1.82, 2.24) is 10.3 Å². The molecule has 1 heterocycles. The summed E-state index contributed by atoms with van der Waals surface area (Å²) < 4.78 is 0. The number of aliphatic hydroxyl groups is 1. The zero-order valence-corrected chi connectivity index (χ0v) is 12.9. The molecule has 2 rings (SSSR count). The van der Waals surface area contributed by atoms with Gasteiger partial charge in [0.15, 0.2) is 0 Å². The third-order valence-electron chi connectivity index (χ3n) is 4.10. The Kier molecular flexibility index (Phi) is 5.33. The molecule has 0 saturated heterocycles. The first kappa shape index (κ1) is 16.2. The van der Waals surface area contributed by atoms with Gasteiger partial charge in [-0.1, -0.05) is 38.8 Å². The van der Waals surface area contributed by atoms with E-state index in [0.29, 0.717) is 10.9 Å². The number of carbonyl (C=O) groups is 1. The molecule has 0 radical (unpaired) electrons. The zero-order valence-electron chi connectivity index (χ0n) is 12.9. The van der Waals surface area contributed by atoms with Crippen LogP contribution in [0.3, 0.4) is 0 Å². The maximum absolute atomic E-state index is 12.3. The summed E-state index contributed by atoms with van der Waals surface area (Å²) in [4.78, 5) is 27.4. The zero-order chi connectivity index (χ0) is 16.1. The average molecular weight is 302 g/mol. The molecule has 1 aromatic heterocycles. The van der Waals surface area contributed by atoms with Gasteiger partial charge in [0.1, 0.15) is 5.56 Å². The van der Waals surface area contributed by atoms with Crippen LogP contribution in [0.15, 0.2) is 35.3 Å². The number of pyridine rings is 1. The highest BCUT2D eigenvalue weighted by Gasteiger charge is 2.18. The third kappa shape index (κ3) is 3.36. The quantitative estimate of drug-likeness (QED) is 0.764. The van der Waals surface area contributed by atoms with Gasteiger partial charge in [-0.3, -0.25) is 9.59 Å². The molecular weight excluding hydrogens is 280 g/mol. The molecule has 1 amide bonds. The lowest BCUT2D eigenvalue weighted by Crippen LogP contribution is -2.37. The molecule has 118 valence electrons. The number of fused-ring (bicyclic) bond motifs is 1. The van der Waals surface area contributed by atoms with E-state index in [4.69, 9.17) is 0 Å². The number of aromatic nitrogens is 1. The molecule has 5 nitrogen and oxygen atoms in total. The van der Waals surface area contributed by atoms with E-state index >= 15 is 0 Å². The van der Waals surface area contributed by atoms with Gasteiger partial charge < -0.3 is 15.4 Å². The number of H-pyrrole nitrogens is 1. The number of hydrogen-bond donors (Lipinski definition) is 3. The average Bonchev–Trinajstić information content (AvgIpc) is 2.54. The highest BCUT2D eigenvalue weighted by molar-refractivity contribution is 5.97. The smallest absolute Gasteiger partial charge is 0.256 e. The van der Waals surface area contributed by atoms with Crippen molar-refractivity contribution in [3.8, 4) is 0 Å². The van der Waals surface area contributed by atoms with Gasteiger partial charge in [0.2, 0.25) is 5.43 Å². The number of para-hydroxylation sites is 1. The highest BCUT2D eigenvalue weighted by Crippen LogP contribution is 2.12.